The summed E-state index contributed by atoms with van der Waals surface area (Å²) in [7, 11) is 0. The van der Waals surface area contributed by atoms with Crippen molar-refractivity contribution in [2.45, 2.75) is 19.1 Å². The number of hydrogen-bond donors (Lipinski definition) is 1. The van der Waals surface area contributed by atoms with Crippen LogP contribution in [0.4, 0.5) is 0 Å². The Bertz CT molecular complexity index is 1200. The number of aromatic nitrogens is 1. The third-order valence-electron chi connectivity index (χ3n) is 5.47. The van der Waals surface area contributed by atoms with Crippen molar-refractivity contribution in [3.05, 3.63) is 132 Å². The summed E-state index contributed by atoms with van der Waals surface area (Å²) in [5.41, 5.74) is 2.37. The van der Waals surface area contributed by atoms with E-state index in [1.165, 1.54) is 0 Å². The molecular weight excluding hydrogens is 438 g/mol. The fourth-order valence-electron chi connectivity index (χ4n) is 3.73. The molecule has 1 aromatic heterocycles. The van der Waals surface area contributed by atoms with E-state index in [-0.39, 0.29) is 31.5 Å². The van der Waals surface area contributed by atoms with Gasteiger partial charge in [0.2, 0.25) is 5.91 Å². The molecule has 4 rings (SSSR count). The van der Waals surface area contributed by atoms with Gasteiger partial charge in [-0.15, -0.1) is 0 Å². The van der Waals surface area contributed by atoms with Gasteiger partial charge >= 0.3 is 0 Å². The zero-order valence-electron chi connectivity index (χ0n) is 19.3. The predicted octanol–water partition coefficient (Wildman–Crippen LogP) is 4.55. The third kappa shape index (κ3) is 6.77. The van der Waals surface area contributed by atoms with Crippen LogP contribution < -0.4 is 10.1 Å². The monoisotopic (exact) mass is 465 g/mol. The van der Waals surface area contributed by atoms with E-state index in [1.54, 1.807) is 23.2 Å². The third-order valence-corrected chi connectivity index (χ3v) is 5.47. The summed E-state index contributed by atoms with van der Waals surface area (Å²) >= 11 is 0. The van der Waals surface area contributed by atoms with E-state index in [4.69, 9.17) is 4.74 Å². The average Bonchev–Trinajstić information content (AvgIpc) is 2.92. The Morgan fingerprint density at radius 3 is 2.09 bits per heavy atom. The van der Waals surface area contributed by atoms with E-state index in [1.807, 2.05) is 97.1 Å². The van der Waals surface area contributed by atoms with E-state index >= 15 is 0 Å². The van der Waals surface area contributed by atoms with Gasteiger partial charge in [-0.05, 0) is 35.4 Å². The van der Waals surface area contributed by atoms with Crippen molar-refractivity contribution in [3.63, 3.8) is 0 Å². The van der Waals surface area contributed by atoms with Crippen LogP contribution in [0.25, 0.3) is 0 Å². The zero-order valence-corrected chi connectivity index (χ0v) is 19.3. The summed E-state index contributed by atoms with van der Waals surface area (Å²) in [5, 5.41) is 2.96. The molecular formula is C29H27N3O3. The average molecular weight is 466 g/mol. The summed E-state index contributed by atoms with van der Waals surface area (Å²) in [6, 6.07) is 32.8. The highest BCUT2D eigenvalue weighted by Crippen LogP contribution is 2.24. The van der Waals surface area contributed by atoms with E-state index in [9.17, 15) is 9.59 Å². The number of ether oxygens (including phenoxy) is 1. The molecule has 2 amide bonds. The summed E-state index contributed by atoms with van der Waals surface area (Å²) in [5.74, 6) is 0.0155. The van der Waals surface area contributed by atoms with Crippen LogP contribution in [0.1, 0.15) is 22.9 Å². The molecule has 0 bridgehead atoms. The standard InChI is InChI=1S/C29H27N3O3/c33-27(22-35-26-17-8-3-9-18-26)32(21-23-12-4-1-5-13-23)28(24-14-6-2-7-15-24)29(34)31-20-25-16-10-11-19-30-25/h1-19,28H,20-22H2,(H,31,34)/t28-/m1/s1. The molecule has 4 aromatic rings. The molecule has 0 aliphatic heterocycles. The van der Waals surface area contributed by atoms with Gasteiger partial charge < -0.3 is 15.0 Å². The highest BCUT2D eigenvalue weighted by molar-refractivity contribution is 5.89. The number of nitrogens with zero attached hydrogens (tertiary/aromatic N) is 2. The van der Waals surface area contributed by atoms with Crippen molar-refractivity contribution in [2.75, 3.05) is 6.61 Å². The molecule has 0 spiro atoms. The molecule has 0 unspecified atom stereocenters. The number of nitrogens with one attached hydrogen (secondary N) is 1. The predicted molar refractivity (Wildman–Crippen MR) is 134 cm³/mol. The molecule has 0 fully saturated rings. The van der Waals surface area contributed by atoms with Crippen LogP contribution in [0.3, 0.4) is 0 Å². The lowest BCUT2D eigenvalue weighted by molar-refractivity contribution is -0.143. The topological polar surface area (TPSA) is 71.5 Å². The molecule has 0 aliphatic carbocycles. The molecule has 1 atom stereocenters. The highest BCUT2D eigenvalue weighted by atomic mass is 16.5. The first-order valence-corrected chi connectivity index (χ1v) is 11.4. The van der Waals surface area contributed by atoms with Gasteiger partial charge in [-0.3, -0.25) is 14.6 Å². The molecule has 1 heterocycles. The van der Waals surface area contributed by atoms with E-state index < -0.39 is 6.04 Å². The van der Waals surface area contributed by atoms with Crippen molar-refractivity contribution in [1.82, 2.24) is 15.2 Å². The number of amides is 2. The highest BCUT2D eigenvalue weighted by Gasteiger charge is 2.31. The number of hydrogen-bond acceptors (Lipinski definition) is 4. The van der Waals surface area contributed by atoms with Gasteiger partial charge in [0.25, 0.3) is 5.91 Å². The molecule has 0 aliphatic rings. The fraction of sp³-hybridized carbons (Fsp3) is 0.138. The first kappa shape index (κ1) is 23.7. The van der Waals surface area contributed by atoms with Crippen molar-refractivity contribution in [2.24, 2.45) is 0 Å². The van der Waals surface area contributed by atoms with Crippen molar-refractivity contribution >= 4 is 11.8 Å². The Morgan fingerprint density at radius 2 is 1.43 bits per heavy atom. The molecule has 176 valence electrons. The second kappa shape index (κ2) is 12.1. The molecule has 0 saturated carbocycles. The first-order valence-electron chi connectivity index (χ1n) is 11.4. The Kier molecular flexibility index (Phi) is 8.22. The Labute approximate surface area is 205 Å². The van der Waals surface area contributed by atoms with E-state index in [0.717, 1.165) is 16.8 Å². The minimum atomic E-state index is -0.841. The molecule has 0 radical (unpaired) electrons. The number of para-hydroxylation sites is 1. The van der Waals surface area contributed by atoms with Crippen LogP contribution in [0.5, 0.6) is 5.75 Å². The van der Waals surface area contributed by atoms with E-state index in [0.29, 0.717) is 5.75 Å². The van der Waals surface area contributed by atoms with E-state index in [2.05, 4.69) is 10.3 Å². The van der Waals surface area contributed by atoms with Crippen LogP contribution >= 0.6 is 0 Å². The second-order valence-electron chi connectivity index (χ2n) is 7.96. The number of rotatable bonds is 10. The number of carbonyl (C=O) groups is 2. The van der Waals surface area contributed by atoms with Crippen molar-refractivity contribution in [1.29, 1.82) is 0 Å². The van der Waals surface area contributed by atoms with Gasteiger partial charge in [-0.2, -0.15) is 0 Å². The number of carbonyl (C=O) groups excluding carboxylic acids is 2. The largest absolute Gasteiger partial charge is 0.484 e. The van der Waals surface area contributed by atoms with Gasteiger partial charge in [-0.1, -0.05) is 84.9 Å². The Balaban J connectivity index is 1.61. The van der Waals surface area contributed by atoms with Crippen LogP contribution in [0.15, 0.2) is 115 Å². The Morgan fingerprint density at radius 1 is 0.800 bits per heavy atom. The van der Waals surface area contributed by atoms with Gasteiger partial charge in [0, 0.05) is 12.7 Å². The molecule has 35 heavy (non-hydrogen) atoms. The summed E-state index contributed by atoms with van der Waals surface area (Å²) in [6.45, 7) is 0.332. The van der Waals surface area contributed by atoms with Gasteiger partial charge in [-0.25, -0.2) is 0 Å². The molecule has 6 heteroatoms. The lowest BCUT2D eigenvalue weighted by atomic mass is 10.0. The summed E-state index contributed by atoms with van der Waals surface area (Å²) in [4.78, 5) is 32.9. The molecule has 0 saturated heterocycles. The van der Waals surface area contributed by atoms with Crippen molar-refractivity contribution in [3.8, 4) is 5.75 Å². The normalized spacial score (nSPS) is 11.3. The maximum absolute atomic E-state index is 13.6. The maximum Gasteiger partial charge on any atom is 0.261 e. The molecule has 6 nitrogen and oxygen atoms in total. The Hall–Kier alpha value is -4.45. The van der Waals surface area contributed by atoms with Crippen LogP contribution in [0.2, 0.25) is 0 Å². The van der Waals surface area contributed by atoms with Gasteiger partial charge in [0.1, 0.15) is 11.8 Å². The summed E-state index contributed by atoms with van der Waals surface area (Å²) in [6.07, 6.45) is 1.68. The van der Waals surface area contributed by atoms with Crippen molar-refractivity contribution < 1.29 is 14.3 Å². The maximum atomic E-state index is 13.6. The molecule has 3 aromatic carbocycles. The van der Waals surface area contributed by atoms with Crippen LogP contribution in [0, 0.1) is 0 Å². The first-order chi connectivity index (χ1) is 17.2. The van der Waals surface area contributed by atoms with Gasteiger partial charge in [0.05, 0.1) is 12.2 Å². The lowest BCUT2D eigenvalue weighted by Crippen LogP contribution is -2.45. The summed E-state index contributed by atoms with van der Waals surface area (Å²) < 4.78 is 5.75. The minimum Gasteiger partial charge on any atom is -0.484 e. The van der Waals surface area contributed by atoms with Crippen LogP contribution in [-0.4, -0.2) is 28.3 Å². The van der Waals surface area contributed by atoms with Crippen LogP contribution in [-0.2, 0) is 22.7 Å². The quantitative estimate of drug-likeness (QED) is 0.373. The lowest BCUT2D eigenvalue weighted by Gasteiger charge is -2.31. The zero-order chi connectivity index (χ0) is 24.3. The van der Waals surface area contributed by atoms with Gasteiger partial charge in [0.15, 0.2) is 6.61 Å². The SMILES string of the molecule is O=C(NCc1ccccn1)[C@@H](c1ccccc1)N(Cc1ccccc1)C(=O)COc1ccccc1. The minimum absolute atomic E-state index is 0.187. The smallest absolute Gasteiger partial charge is 0.261 e. The molecule has 1 N–H and O–H groups in total. The second-order valence-corrected chi connectivity index (χ2v) is 7.96. The fourth-order valence-corrected chi connectivity index (χ4v) is 3.73. The number of pyridine rings is 1. The number of benzene rings is 3.